The smallest absolute Gasteiger partial charge is 0.157 e. The van der Waals surface area contributed by atoms with Gasteiger partial charge in [-0.3, -0.25) is 5.73 Å². The Hall–Kier alpha value is -1.52. The molecule has 16 heavy (non-hydrogen) atoms. The predicted molar refractivity (Wildman–Crippen MR) is 63.0 cm³/mol. The van der Waals surface area contributed by atoms with Gasteiger partial charge in [0, 0.05) is 7.11 Å². The maximum atomic E-state index is 6.02. The van der Waals surface area contributed by atoms with Crippen LogP contribution < -0.4 is 15.8 Å². The molecule has 1 aromatic carbocycles. The number of benzene rings is 1. The first-order valence-electron chi connectivity index (χ1n) is 5.14. The van der Waals surface area contributed by atoms with Crippen molar-refractivity contribution >= 4 is 5.69 Å². The summed E-state index contributed by atoms with van der Waals surface area (Å²) >= 11 is 0. The van der Waals surface area contributed by atoms with Gasteiger partial charge in [0.1, 0.15) is 17.2 Å². The number of ether oxygens (including phenoxy) is 2. The van der Waals surface area contributed by atoms with Gasteiger partial charge in [0.15, 0.2) is 5.72 Å². The summed E-state index contributed by atoms with van der Waals surface area (Å²) in [5.74, 6) is 1.53. The third-order valence-electron chi connectivity index (χ3n) is 2.68. The molecule has 86 valence electrons. The fourth-order valence-corrected chi connectivity index (χ4v) is 1.67. The third-order valence-corrected chi connectivity index (χ3v) is 2.68. The Kier molecular flexibility index (Phi) is 2.61. The Balaban J connectivity index is 2.38. The van der Waals surface area contributed by atoms with Crippen molar-refractivity contribution in [2.24, 2.45) is 5.73 Å². The van der Waals surface area contributed by atoms with Crippen molar-refractivity contribution < 1.29 is 9.47 Å². The van der Waals surface area contributed by atoms with Crippen molar-refractivity contribution in [2.45, 2.75) is 19.6 Å². The molecule has 0 saturated heterocycles. The molecule has 0 bridgehead atoms. The molecule has 2 rings (SSSR count). The molecule has 3 N–H and O–H groups in total. The van der Waals surface area contributed by atoms with E-state index in [1.807, 2.05) is 31.2 Å². The SMILES string of the molecule is COC(C)(N)C1=C(C)Oc2ccccc2N1. The van der Waals surface area contributed by atoms with Crippen LogP contribution in [-0.2, 0) is 4.74 Å². The highest BCUT2D eigenvalue weighted by atomic mass is 16.5. The molecular formula is C12H16N2O2. The zero-order valence-corrected chi connectivity index (χ0v) is 9.70. The van der Waals surface area contributed by atoms with Gasteiger partial charge in [-0.25, -0.2) is 0 Å². The van der Waals surface area contributed by atoms with E-state index in [1.165, 1.54) is 0 Å². The Morgan fingerprint density at radius 2 is 2.06 bits per heavy atom. The van der Waals surface area contributed by atoms with E-state index < -0.39 is 5.72 Å². The lowest BCUT2D eigenvalue weighted by Crippen LogP contribution is -2.45. The van der Waals surface area contributed by atoms with Crippen LogP contribution in [0.25, 0.3) is 0 Å². The van der Waals surface area contributed by atoms with E-state index >= 15 is 0 Å². The highest BCUT2D eigenvalue weighted by molar-refractivity contribution is 5.63. The summed E-state index contributed by atoms with van der Waals surface area (Å²) in [5, 5.41) is 3.24. The average molecular weight is 220 g/mol. The van der Waals surface area contributed by atoms with Crippen LogP contribution in [-0.4, -0.2) is 12.8 Å². The molecular weight excluding hydrogens is 204 g/mol. The van der Waals surface area contributed by atoms with Gasteiger partial charge in [-0.15, -0.1) is 0 Å². The minimum Gasteiger partial charge on any atom is -0.458 e. The van der Waals surface area contributed by atoms with Gasteiger partial charge in [-0.2, -0.15) is 0 Å². The number of allylic oxidation sites excluding steroid dienone is 1. The van der Waals surface area contributed by atoms with Crippen molar-refractivity contribution in [1.82, 2.24) is 0 Å². The molecule has 1 aliphatic heterocycles. The van der Waals surface area contributed by atoms with Crippen molar-refractivity contribution in [3.63, 3.8) is 0 Å². The second kappa shape index (κ2) is 3.81. The molecule has 0 aromatic heterocycles. The van der Waals surface area contributed by atoms with Crippen molar-refractivity contribution in [3.05, 3.63) is 35.7 Å². The third kappa shape index (κ3) is 1.77. The molecule has 4 nitrogen and oxygen atoms in total. The summed E-state index contributed by atoms with van der Waals surface area (Å²) in [4.78, 5) is 0. The quantitative estimate of drug-likeness (QED) is 0.749. The number of hydrogen-bond donors (Lipinski definition) is 2. The summed E-state index contributed by atoms with van der Waals surface area (Å²) in [6.07, 6.45) is 0. The maximum absolute atomic E-state index is 6.02. The molecule has 1 unspecified atom stereocenters. The molecule has 0 fully saturated rings. The van der Waals surface area contributed by atoms with Crippen LogP contribution in [0, 0.1) is 0 Å². The van der Waals surface area contributed by atoms with Gasteiger partial charge in [0.2, 0.25) is 0 Å². The first-order valence-corrected chi connectivity index (χ1v) is 5.14. The Morgan fingerprint density at radius 1 is 1.38 bits per heavy atom. The molecule has 1 aromatic rings. The monoisotopic (exact) mass is 220 g/mol. The highest BCUT2D eigenvalue weighted by Gasteiger charge is 2.30. The summed E-state index contributed by atoms with van der Waals surface area (Å²) in [5.41, 5.74) is 6.78. The lowest BCUT2D eigenvalue weighted by atomic mass is 10.1. The first kappa shape index (κ1) is 11.0. The van der Waals surface area contributed by atoms with Crippen LogP contribution in [0.15, 0.2) is 35.7 Å². The van der Waals surface area contributed by atoms with Gasteiger partial charge >= 0.3 is 0 Å². The van der Waals surface area contributed by atoms with Crippen molar-refractivity contribution in [2.75, 3.05) is 12.4 Å². The van der Waals surface area contributed by atoms with Crippen LogP contribution in [0.1, 0.15) is 13.8 Å². The summed E-state index contributed by atoms with van der Waals surface area (Å²) < 4.78 is 10.9. The van der Waals surface area contributed by atoms with Crippen molar-refractivity contribution in [1.29, 1.82) is 0 Å². The number of fused-ring (bicyclic) bond motifs is 1. The molecule has 1 atom stereocenters. The number of methoxy groups -OCH3 is 1. The number of nitrogens with two attached hydrogens (primary N) is 1. The zero-order valence-electron chi connectivity index (χ0n) is 9.70. The number of hydrogen-bond acceptors (Lipinski definition) is 4. The van der Waals surface area contributed by atoms with Crippen LogP contribution in [0.3, 0.4) is 0 Å². The average Bonchev–Trinajstić information content (AvgIpc) is 2.28. The fourth-order valence-electron chi connectivity index (χ4n) is 1.67. The van der Waals surface area contributed by atoms with Gasteiger partial charge in [-0.1, -0.05) is 12.1 Å². The highest BCUT2D eigenvalue weighted by Crippen LogP contribution is 2.34. The molecule has 0 spiro atoms. The Morgan fingerprint density at radius 3 is 2.75 bits per heavy atom. The minimum atomic E-state index is -0.877. The van der Waals surface area contributed by atoms with E-state index in [2.05, 4.69) is 5.32 Å². The van der Waals surface area contributed by atoms with E-state index in [9.17, 15) is 0 Å². The van der Waals surface area contributed by atoms with Gasteiger partial charge in [-0.05, 0) is 26.0 Å². The fraction of sp³-hybridized carbons (Fsp3) is 0.333. The normalized spacial score (nSPS) is 18.2. The van der Waals surface area contributed by atoms with E-state index in [4.69, 9.17) is 15.2 Å². The van der Waals surface area contributed by atoms with E-state index in [0.29, 0.717) is 0 Å². The van der Waals surface area contributed by atoms with E-state index in [-0.39, 0.29) is 0 Å². The summed E-state index contributed by atoms with van der Waals surface area (Å²) in [6, 6.07) is 7.71. The van der Waals surface area contributed by atoms with E-state index in [0.717, 1.165) is 22.9 Å². The van der Waals surface area contributed by atoms with Gasteiger partial charge in [0.05, 0.1) is 5.69 Å². The summed E-state index contributed by atoms with van der Waals surface area (Å²) in [7, 11) is 1.57. The van der Waals surface area contributed by atoms with Crippen molar-refractivity contribution in [3.8, 4) is 5.75 Å². The lowest BCUT2D eigenvalue weighted by Gasteiger charge is -2.32. The minimum absolute atomic E-state index is 0.727. The number of rotatable bonds is 2. The molecule has 4 heteroatoms. The number of para-hydroxylation sites is 2. The lowest BCUT2D eigenvalue weighted by molar-refractivity contribution is 0.0414. The van der Waals surface area contributed by atoms with Crippen LogP contribution in [0.5, 0.6) is 5.75 Å². The predicted octanol–water partition coefficient (Wildman–Crippen LogP) is 2.04. The van der Waals surface area contributed by atoms with Crippen LogP contribution in [0.4, 0.5) is 5.69 Å². The maximum Gasteiger partial charge on any atom is 0.157 e. The van der Waals surface area contributed by atoms with Gasteiger partial charge < -0.3 is 14.8 Å². The molecule has 0 saturated carbocycles. The largest absolute Gasteiger partial charge is 0.458 e. The standard InChI is InChI=1S/C12H16N2O2/c1-8-11(12(2,13)15-3)14-9-6-4-5-7-10(9)16-8/h4-7,14H,13H2,1-3H3. The Bertz CT molecular complexity index is 438. The Labute approximate surface area is 95.0 Å². The molecule has 1 aliphatic rings. The topological polar surface area (TPSA) is 56.5 Å². The molecule has 1 heterocycles. The second-order valence-corrected chi connectivity index (χ2v) is 3.97. The molecule has 0 aliphatic carbocycles. The summed E-state index contributed by atoms with van der Waals surface area (Å²) in [6.45, 7) is 3.65. The van der Waals surface area contributed by atoms with Crippen LogP contribution in [0.2, 0.25) is 0 Å². The zero-order chi connectivity index (χ0) is 11.8. The molecule has 0 amide bonds. The van der Waals surface area contributed by atoms with E-state index in [1.54, 1.807) is 14.0 Å². The van der Waals surface area contributed by atoms with Gasteiger partial charge in [0.25, 0.3) is 0 Å². The first-order chi connectivity index (χ1) is 7.54. The molecule has 0 radical (unpaired) electrons. The second-order valence-electron chi connectivity index (χ2n) is 3.97. The number of anilines is 1. The number of nitrogens with one attached hydrogen (secondary N) is 1. The van der Waals surface area contributed by atoms with Crippen LogP contribution >= 0.6 is 0 Å².